The van der Waals surface area contributed by atoms with Gasteiger partial charge in [-0.1, -0.05) is 36.4 Å². The van der Waals surface area contributed by atoms with E-state index in [4.69, 9.17) is 0 Å². The summed E-state index contributed by atoms with van der Waals surface area (Å²) in [6.45, 7) is 1.62. The molecule has 25 heavy (non-hydrogen) atoms. The van der Waals surface area contributed by atoms with Crippen LogP contribution in [0.25, 0.3) is 10.8 Å². The summed E-state index contributed by atoms with van der Waals surface area (Å²) in [5.74, 6) is -0.133. The zero-order valence-corrected chi connectivity index (χ0v) is 14.3. The minimum absolute atomic E-state index is 0.133. The first kappa shape index (κ1) is 15.6. The van der Waals surface area contributed by atoms with Crippen molar-refractivity contribution in [2.24, 2.45) is 0 Å². The lowest BCUT2D eigenvalue weighted by Crippen LogP contribution is -2.26. The second kappa shape index (κ2) is 6.55. The van der Waals surface area contributed by atoms with Gasteiger partial charge in [-0.15, -0.1) is 0 Å². The molecule has 4 nitrogen and oxygen atoms in total. The predicted octanol–water partition coefficient (Wildman–Crippen LogP) is 3.55. The van der Waals surface area contributed by atoms with E-state index >= 15 is 0 Å². The van der Waals surface area contributed by atoms with Crippen LogP contribution in [-0.2, 0) is 13.0 Å². The number of fused-ring (bicyclic) bond motifs is 2. The lowest BCUT2D eigenvalue weighted by atomic mass is 9.99. The third-order valence-corrected chi connectivity index (χ3v) is 4.84. The summed E-state index contributed by atoms with van der Waals surface area (Å²) in [5.41, 5.74) is 4.28. The van der Waals surface area contributed by atoms with Crippen molar-refractivity contribution in [1.29, 1.82) is 0 Å². The Hall–Kier alpha value is -2.88. The summed E-state index contributed by atoms with van der Waals surface area (Å²) < 4.78 is 0. The molecule has 126 valence electrons. The van der Waals surface area contributed by atoms with Gasteiger partial charge in [-0.2, -0.15) is 0 Å². The number of hydrogen-bond donors (Lipinski definition) is 1. The molecule has 0 fully saturated rings. The molecule has 0 radical (unpaired) electrons. The standard InChI is InChI=1S/C21H21N3O/c1-24-12-4-6-17-13-15(8-9-19(17)24)14-23-21(25)20-18-7-3-2-5-16(18)10-11-22-20/h2-3,5,7-11,13H,4,6,12,14H2,1H3,(H,23,25). The Morgan fingerprint density at radius 1 is 1.20 bits per heavy atom. The van der Waals surface area contributed by atoms with E-state index in [-0.39, 0.29) is 5.91 Å². The fourth-order valence-electron chi connectivity index (χ4n) is 3.52. The summed E-state index contributed by atoms with van der Waals surface area (Å²) >= 11 is 0. The van der Waals surface area contributed by atoms with Crippen LogP contribution in [0.5, 0.6) is 0 Å². The topological polar surface area (TPSA) is 45.2 Å². The molecule has 1 aromatic heterocycles. The van der Waals surface area contributed by atoms with Gasteiger partial charge in [-0.05, 0) is 41.5 Å². The van der Waals surface area contributed by atoms with Crippen molar-refractivity contribution in [3.8, 4) is 0 Å². The van der Waals surface area contributed by atoms with Gasteiger partial charge in [0.25, 0.3) is 5.91 Å². The molecule has 0 saturated heterocycles. The van der Waals surface area contributed by atoms with E-state index < -0.39 is 0 Å². The molecule has 4 rings (SSSR count). The van der Waals surface area contributed by atoms with E-state index in [2.05, 4.69) is 40.4 Å². The first-order valence-corrected chi connectivity index (χ1v) is 8.67. The van der Waals surface area contributed by atoms with Crippen molar-refractivity contribution in [1.82, 2.24) is 10.3 Å². The molecule has 0 saturated carbocycles. The first-order chi connectivity index (χ1) is 12.2. The molecule has 0 unspecified atom stereocenters. The summed E-state index contributed by atoms with van der Waals surface area (Å²) in [6.07, 6.45) is 3.97. The van der Waals surface area contributed by atoms with Gasteiger partial charge < -0.3 is 10.2 Å². The van der Waals surface area contributed by atoms with Crippen molar-refractivity contribution in [2.45, 2.75) is 19.4 Å². The maximum absolute atomic E-state index is 12.6. The zero-order chi connectivity index (χ0) is 17.2. The highest BCUT2D eigenvalue weighted by Crippen LogP contribution is 2.26. The molecule has 1 aliphatic heterocycles. The van der Waals surface area contributed by atoms with Gasteiger partial charge in [0.05, 0.1) is 0 Å². The highest BCUT2D eigenvalue weighted by molar-refractivity contribution is 6.05. The molecule has 4 heteroatoms. The van der Waals surface area contributed by atoms with E-state index in [1.165, 1.54) is 17.7 Å². The molecule has 3 aromatic rings. The third kappa shape index (κ3) is 3.07. The molecular formula is C21H21N3O. The van der Waals surface area contributed by atoms with Crippen LogP contribution < -0.4 is 10.2 Å². The number of carbonyl (C=O) groups excluding carboxylic acids is 1. The van der Waals surface area contributed by atoms with Gasteiger partial charge in [0, 0.05) is 37.4 Å². The molecule has 0 aliphatic carbocycles. The van der Waals surface area contributed by atoms with Crippen LogP contribution in [0, 0.1) is 0 Å². The van der Waals surface area contributed by atoms with Crippen LogP contribution in [0.1, 0.15) is 28.0 Å². The molecule has 2 aromatic carbocycles. The van der Waals surface area contributed by atoms with Crippen LogP contribution in [0.15, 0.2) is 54.7 Å². The molecule has 1 amide bonds. The van der Waals surface area contributed by atoms with Gasteiger partial charge in [-0.25, -0.2) is 0 Å². The number of benzene rings is 2. The Morgan fingerprint density at radius 2 is 2.08 bits per heavy atom. The monoisotopic (exact) mass is 331 g/mol. The van der Waals surface area contributed by atoms with Crippen molar-refractivity contribution < 1.29 is 4.79 Å². The summed E-state index contributed by atoms with van der Waals surface area (Å²) in [6, 6.07) is 16.2. The van der Waals surface area contributed by atoms with E-state index in [0.29, 0.717) is 12.2 Å². The van der Waals surface area contributed by atoms with Gasteiger partial charge in [0.2, 0.25) is 0 Å². The van der Waals surface area contributed by atoms with Gasteiger partial charge in [0.1, 0.15) is 5.69 Å². The number of anilines is 1. The first-order valence-electron chi connectivity index (χ1n) is 8.67. The SMILES string of the molecule is CN1CCCc2cc(CNC(=O)c3nccc4ccccc34)ccc21. The normalized spacial score (nSPS) is 13.6. The van der Waals surface area contributed by atoms with Crippen LogP contribution in [0.3, 0.4) is 0 Å². The second-order valence-corrected chi connectivity index (χ2v) is 6.55. The smallest absolute Gasteiger partial charge is 0.270 e. The lowest BCUT2D eigenvalue weighted by molar-refractivity contribution is 0.0948. The Morgan fingerprint density at radius 3 is 3.00 bits per heavy atom. The van der Waals surface area contributed by atoms with Gasteiger partial charge >= 0.3 is 0 Å². The Kier molecular flexibility index (Phi) is 4.10. The van der Waals surface area contributed by atoms with Gasteiger partial charge in [0.15, 0.2) is 0 Å². The third-order valence-electron chi connectivity index (χ3n) is 4.84. The van der Waals surface area contributed by atoms with Crippen LogP contribution in [-0.4, -0.2) is 24.5 Å². The van der Waals surface area contributed by atoms with Crippen molar-refractivity contribution in [2.75, 3.05) is 18.5 Å². The van der Waals surface area contributed by atoms with E-state index in [0.717, 1.165) is 29.3 Å². The largest absolute Gasteiger partial charge is 0.374 e. The number of aryl methyl sites for hydroxylation is 1. The average Bonchev–Trinajstić information content (AvgIpc) is 2.66. The highest BCUT2D eigenvalue weighted by Gasteiger charge is 2.15. The van der Waals surface area contributed by atoms with Gasteiger partial charge in [-0.3, -0.25) is 9.78 Å². The average molecular weight is 331 g/mol. The fraction of sp³-hybridized carbons (Fsp3) is 0.238. The fourth-order valence-corrected chi connectivity index (χ4v) is 3.52. The van der Waals surface area contributed by atoms with Crippen molar-refractivity contribution in [3.63, 3.8) is 0 Å². The zero-order valence-electron chi connectivity index (χ0n) is 14.3. The number of carbonyl (C=O) groups is 1. The number of amides is 1. The molecule has 0 atom stereocenters. The highest BCUT2D eigenvalue weighted by atomic mass is 16.1. The van der Waals surface area contributed by atoms with Crippen molar-refractivity contribution in [3.05, 3.63) is 71.5 Å². The predicted molar refractivity (Wildman–Crippen MR) is 101 cm³/mol. The molecule has 0 bridgehead atoms. The number of hydrogen-bond acceptors (Lipinski definition) is 3. The quantitative estimate of drug-likeness (QED) is 0.798. The van der Waals surface area contributed by atoms with E-state index in [1.54, 1.807) is 6.20 Å². The Bertz CT molecular complexity index is 930. The summed E-state index contributed by atoms with van der Waals surface area (Å²) in [4.78, 5) is 19.2. The minimum Gasteiger partial charge on any atom is -0.374 e. The van der Waals surface area contributed by atoms with Crippen LogP contribution >= 0.6 is 0 Å². The minimum atomic E-state index is -0.133. The second-order valence-electron chi connectivity index (χ2n) is 6.55. The lowest BCUT2D eigenvalue weighted by Gasteiger charge is -2.27. The maximum atomic E-state index is 12.6. The number of nitrogens with one attached hydrogen (secondary N) is 1. The van der Waals surface area contributed by atoms with Crippen LogP contribution in [0.2, 0.25) is 0 Å². The van der Waals surface area contributed by atoms with Crippen molar-refractivity contribution >= 4 is 22.4 Å². The molecule has 0 spiro atoms. The summed E-state index contributed by atoms with van der Waals surface area (Å²) in [5, 5.41) is 4.92. The van der Waals surface area contributed by atoms with Crippen LogP contribution in [0.4, 0.5) is 5.69 Å². The molecule has 2 heterocycles. The summed E-state index contributed by atoms with van der Waals surface area (Å²) in [7, 11) is 2.13. The maximum Gasteiger partial charge on any atom is 0.270 e. The number of rotatable bonds is 3. The molecule has 1 aliphatic rings. The van der Waals surface area contributed by atoms with E-state index in [9.17, 15) is 4.79 Å². The number of aromatic nitrogens is 1. The van der Waals surface area contributed by atoms with E-state index in [1.807, 2.05) is 30.3 Å². The Labute approximate surface area is 147 Å². The molecular weight excluding hydrogens is 310 g/mol. The Balaban J connectivity index is 1.52. The molecule has 1 N–H and O–H groups in total. The number of pyridine rings is 1. The number of nitrogens with zero attached hydrogens (tertiary/aromatic N) is 2.